The standard InChI is InChI=1S/C18H28N2O3/c1-6-19-9-10-20-17(22)18(5)8-7-14-13(4)15(21)11(2)12(3)16(14)23-18/h19,21H,6-10H2,1-5H3,(H,20,22). The molecule has 5 heteroatoms. The van der Waals surface area contributed by atoms with Crippen LogP contribution in [0.5, 0.6) is 11.5 Å². The van der Waals surface area contributed by atoms with Gasteiger partial charge in [-0.1, -0.05) is 6.92 Å². The number of ether oxygens (including phenoxy) is 1. The van der Waals surface area contributed by atoms with E-state index in [-0.39, 0.29) is 5.91 Å². The summed E-state index contributed by atoms with van der Waals surface area (Å²) in [6, 6.07) is 0. The molecule has 1 amide bonds. The lowest BCUT2D eigenvalue weighted by atomic mass is 9.86. The van der Waals surface area contributed by atoms with Gasteiger partial charge < -0.3 is 20.5 Å². The fourth-order valence-corrected chi connectivity index (χ4v) is 3.04. The molecule has 1 aromatic rings. The van der Waals surface area contributed by atoms with Crippen LogP contribution in [0.4, 0.5) is 0 Å². The highest BCUT2D eigenvalue weighted by Gasteiger charge is 2.40. The molecule has 1 heterocycles. The average molecular weight is 320 g/mol. The number of rotatable bonds is 5. The van der Waals surface area contributed by atoms with E-state index in [1.54, 1.807) is 0 Å². The molecule has 128 valence electrons. The van der Waals surface area contributed by atoms with Crippen molar-refractivity contribution in [2.75, 3.05) is 19.6 Å². The number of amides is 1. The first kappa shape index (κ1) is 17.6. The van der Waals surface area contributed by atoms with E-state index in [1.165, 1.54) is 0 Å². The fourth-order valence-electron chi connectivity index (χ4n) is 3.04. The average Bonchev–Trinajstić information content (AvgIpc) is 2.54. The zero-order valence-corrected chi connectivity index (χ0v) is 14.8. The molecule has 0 fully saturated rings. The van der Waals surface area contributed by atoms with Gasteiger partial charge in [0.05, 0.1) is 0 Å². The Hall–Kier alpha value is -1.75. The van der Waals surface area contributed by atoms with Gasteiger partial charge in [0.25, 0.3) is 5.91 Å². The summed E-state index contributed by atoms with van der Waals surface area (Å²) in [4.78, 5) is 12.5. The van der Waals surface area contributed by atoms with E-state index in [0.29, 0.717) is 18.7 Å². The van der Waals surface area contributed by atoms with Gasteiger partial charge in [0.2, 0.25) is 0 Å². The third kappa shape index (κ3) is 3.29. The topological polar surface area (TPSA) is 70.6 Å². The Bertz CT molecular complexity index is 613. The molecule has 0 spiro atoms. The van der Waals surface area contributed by atoms with Crippen LogP contribution in [0.25, 0.3) is 0 Å². The largest absolute Gasteiger partial charge is 0.507 e. The zero-order chi connectivity index (χ0) is 17.2. The van der Waals surface area contributed by atoms with Crippen molar-refractivity contribution in [2.45, 2.75) is 53.1 Å². The number of nitrogens with one attached hydrogen (secondary N) is 2. The van der Waals surface area contributed by atoms with E-state index in [4.69, 9.17) is 4.74 Å². The first-order valence-corrected chi connectivity index (χ1v) is 8.31. The van der Waals surface area contributed by atoms with Crippen LogP contribution in [-0.2, 0) is 11.2 Å². The third-order valence-corrected chi connectivity index (χ3v) is 4.84. The fraction of sp³-hybridized carbons (Fsp3) is 0.611. The maximum atomic E-state index is 12.5. The van der Waals surface area contributed by atoms with Gasteiger partial charge in [0.1, 0.15) is 11.5 Å². The van der Waals surface area contributed by atoms with Gasteiger partial charge in [0, 0.05) is 25.1 Å². The Morgan fingerprint density at radius 2 is 1.91 bits per heavy atom. The molecule has 1 atom stereocenters. The van der Waals surface area contributed by atoms with Gasteiger partial charge in [-0.2, -0.15) is 0 Å². The quantitative estimate of drug-likeness (QED) is 0.727. The highest BCUT2D eigenvalue weighted by molar-refractivity contribution is 5.85. The lowest BCUT2D eigenvalue weighted by molar-refractivity contribution is -0.136. The van der Waals surface area contributed by atoms with Crippen LogP contribution in [0, 0.1) is 20.8 Å². The van der Waals surface area contributed by atoms with Crippen molar-refractivity contribution < 1.29 is 14.6 Å². The van der Waals surface area contributed by atoms with Crippen molar-refractivity contribution in [1.82, 2.24) is 10.6 Å². The summed E-state index contributed by atoms with van der Waals surface area (Å²) in [5.41, 5.74) is 2.74. The Balaban J connectivity index is 2.20. The predicted octanol–water partition coefficient (Wildman–Crippen LogP) is 2.13. The summed E-state index contributed by atoms with van der Waals surface area (Å²) >= 11 is 0. The van der Waals surface area contributed by atoms with Crippen LogP contribution in [0.15, 0.2) is 0 Å². The first-order valence-electron chi connectivity index (χ1n) is 8.31. The minimum atomic E-state index is -0.861. The van der Waals surface area contributed by atoms with Crippen LogP contribution in [0.3, 0.4) is 0 Å². The second kappa shape index (κ2) is 6.79. The van der Waals surface area contributed by atoms with Crippen LogP contribution in [0.2, 0.25) is 0 Å². The number of benzene rings is 1. The van der Waals surface area contributed by atoms with Gasteiger partial charge in [-0.05, 0) is 57.4 Å². The van der Waals surface area contributed by atoms with Gasteiger partial charge in [-0.25, -0.2) is 0 Å². The van der Waals surface area contributed by atoms with Crippen LogP contribution < -0.4 is 15.4 Å². The Kier molecular flexibility index (Phi) is 5.19. The summed E-state index contributed by atoms with van der Waals surface area (Å²) in [5, 5.41) is 16.3. The minimum absolute atomic E-state index is 0.0798. The maximum absolute atomic E-state index is 12.5. The molecule has 0 radical (unpaired) electrons. The molecule has 23 heavy (non-hydrogen) atoms. The van der Waals surface area contributed by atoms with Gasteiger partial charge in [0.15, 0.2) is 5.60 Å². The van der Waals surface area contributed by atoms with Gasteiger partial charge in [-0.15, -0.1) is 0 Å². The second-order valence-electron chi connectivity index (χ2n) is 6.47. The molecule has 0 aliphatic carbocycles. The molecule has 1 unspecified atom stereocenters. The third-order valence-electron chi connectivity index (χ3n) is 4.84. The second-order valence-corrected chi connectivity index (χ2v) is 6.47. The molecule has 2 rings (SSSR count). The van der Waals surface area contributed by atoms with Crippen molar-refractivity contribution in [2.24, 2.45) is 0 Å². The number of likely N-dealkylation sites (N-methyl/N-ethyl adjacent to an activating group) is 1. The van der Waals surface area contributed by atoms with E-state index in [0.717, 1.165) is 47.5 Å². The molecule has 3 N–H and O–H groups in total. The Morgan fingerprint density at radius 3 is 2.57 bits per heavy atom. The van der Waals surface area contributed by atoms with Crippen molar-refractivity contribution in [3.05, 3.63) is 22.3 Å². The van der Waals surface area contributed by atoms with Gasteiger partial charge >= 0.3 is 0 Å². The predicted molar refractivity (Wildman–Crippen MR) is 91.2 cm³/mol. The molecule has 0 saturated heterocycles. The molecular weight excluding hydrogens is 292 g/mol. The van der Waals surface area contributed by atoms with E-state index >= 15 is 0 Å². The van der Waals surface area contributed by atoms with Crippen LogP contribution in [-0.4, -0.2) is 36.2 Å². The number of phenols is 1. The molecule has 5 nitrogen and oxygen atoms in total. The number of hydrogen-bond acceptors (Lipinski definition) is 4. The number of hydrogen-bond donors (Lipinski definition) is 3. The lowest BCUT2D eigenvalue weighted by Crippen LogP contribution is -2.52. The lowest BCUT2D eigenvalue weighted by Gasteiger charge is -2.36. The molecule has 1 aliphatic rings. The Labute approximate surface area is 138 Å². The van der Waals surface area contributed by atoms with Crippen molar-refractivity contribution in [3.63, 3.8) is 0 Å². The summed E-state index contributed by atoms with van der Waals surface area (Å²) in [6.45, 7) is 11.8. The molecule has 1 aromatic carbocycles. The highest BCUT2D eigenvalue weighted by atomic mass is 16.5. The molecular formula is C18H28N2O3. The molecule has 1 aliphatic heterocycles. The van der Waals surface area contributed by atoms with E-state index in [9.17, 15) is 9.90 Å². The Morgan fingerprint density at radius 1 is 1.22 bits per heavy atom. The number of aromatic hydroxyl groups is 1. The first-order chi connectivity index (χ1) is 10.8. The van der Waals surface area contributed by atoms with Crippen LogP contribution in [0.1, 0.15) is 42.5 Å². The van der Waals surface area contributed by atoms with Crippen LogP contribution >= 0.6 is 0 Å². The molecule has 0 aromatic heterocycles. The number of carbonyl (C=O) groups is 1. The normalized spacial score (nSPS) is 19.9. The van der Waals surface area contributed by atoms with Crippen molar-refractivity contribution >= 4 is 5.91 Å². The molecule has 0 bridgehead atoms. The maximum Gasteiger partial charge on any atom is 0.263 e. The summed E-state index contributed by atoms with van der Waals surface area (Å²) in [5.74, 6) is 1.01. The molecule has 0 saturated carbocycles. The SMILES string of the molecule is CCNCCNC(=O)C1(C)CCc2c(C)c(O)c(C)c(C)c2O1. The van der Waals surface area contributed by atoms with E-state index in [1.807, 2.05) is 34.6 Å². The smallest absolute Gasteiger partial charge is 0.263 e. The summed E-state index contributed by atoms with van der Waals surface area (Å²) in [7, 11) is 0. The van der Waals surface area contributed by atoms with Gasteiger partial charge in [-0.3, -0.25) is 4.79 Å². The zero-order valence-electron chi connectivity index (χ0n) is 14.8. The number of phenolic OH excluding ortho intramolecular Hbond substituents is 1. The monoisotopic (exact) mass is 320 g/mol. The van der Waals surface area contributed by atoms with Crippen molar-refractivity contribution in [1.29, 1.82) is 0 Å². The number of carbonyl (C=O) groups excluding carboxylic acids is 1. The van der Waals surface area contributed by atoms with E-state index in [2.05, 4.69) is 10.6 Å². The summed E-state index contributed by atoms with van der Waals surface area (Å²) < 4.78 is 6.14. The highest BCUT2D eigenvalue weighted by Crippen LogP contribution is 2.43. The summed E-state index contributed by atoms with van der Waals surface area (Å²) in [6.07, 6.45) is 1.34. The van der Waals surface area contributed by atoms with Crippen molar-refractivity contribution in [3.8, 4) is 11.5 Å². The van der Waals surface area contributed by atoms with E-state index < -0.39 is 5.60 Å². The minimum Gasteiger partial charge on any atom is -0.507 e. The number of fused-ring (bicyclic) bond motifs is 1.